The Morgan fingerprint density at radius 1 is 1.14 bits per heavy atom. The maximum Gasteiger partial charge on any atom is 0.262 e. The fraction of sp³-hybridized carbons (Fsp3) is 0.296. The van der Waals surface area contributed by atoms with Crippen LogP contribution in [0.4, 0.5) is 11.5 Å². The third kappa shape index (κ3) is 5.84. The number of pyridine rings is 1. The number of anilines is 2. The number of nitrogens with zero attached hydrogens (tertiary/aromatic N) is 3. The topological polar surface area (TPSA) is 95.0 Å². The smallest absolute Gasteiger partial charge is 0.262 e. The van der Waals surface area contributed by atoms with E-state index >= 15 is 0 Å². The Hall–Kier alpha value is -3.46. The summed E-state index contributed by atoms with van der Waals surface area (Å²) < 4.78 is 5.96. The van der Waals surface area contributed by atoms with E-state index < -0.39 is 0 Å². The van der Waals surface area contributed by atoms with Crippen LogP contribution in [0, 0.1) is 0 Å². The molecule has 2 aliphatic heterocycles. The molecular weight excluding hydrogens is 480 g/mol. The van der Waals surface area contributed by atoms with Crippen LogP contribution in [-0.4, -0.2) is 68.2 Å². The third-order valence-electron chi connectivity index (χ3n) is 6.25. The molecule has 1 fully saturated rings. The molecule has 0 radical (unpaired) electrons. The third-order valence-corrected chi connectivity index (χ3v) is 6.50. The number of hydrogen-bond acceptors (Lipinski definition) is 7. The van der Waals surface area contributed by atoms with E-state index in [0.717, 1.165) is 42.1 Å². The Labute approximate surface area is 215 Å². The molecule has 0 aliphatic carbocycles. The van der Waals surface area contributed by atoms with Gasteiger partial charge in [0, 0.05) is 24.2 Å². The van der Waals surface area contributed by atoms with E-state index in [9.17, 15) is 4.79 Å². The van der Waals surface area contributed by atoms with Crippen molar-refractivity contribution in [2.24, 2.45) is 0 Å². The number of benzene rings is 2. The highest BCUT2D eigenvalue weighted by Gasteiger charge is 2.26. The molecule has 1 atom stereocenters. The molecule has 3 aromatic rings. The second-order valence-electron chi connectivity index (χ2n) is 8.47. The van der Waals surface area contributed by atoms with Gasteiger partial charge in [-0.15, -0.1) is 0 Å². The number of hydrogen-bond donors (Lipinski definition) is 2. The van der Waals surface area contributed by atoms with Crippen molar-refractivity contribution in [1.82, 2.24) is 10.3 Å². The molecule has 0 saturated carbocycles. The second-order valence-corrected chi connectivity index (χ2v) is 8.90. The van der Waals surface area contributed by atoms with Crippen LogP contribution in [0.3, 0.4) is 0 Å². The molecular formula is C27H29ClN4O4. The Balaban J connectivity index is 0.000000709. The quantitative estimate of drug-likeness (QED) is 0.510. The van der Waals surface area contributed by atoms with Crippen LogP contribution in [0.2, 0.25) is 5.02 Å². The Morgan fingerprint density at radius 2 is 1.89 bits per heavy atom. The van der Waals surface area contributed by atoms with E-state index in [-0.39, 0.29) is 12.5 Å². The highest BCUT2D eigenvalue weighted by Crippen LogP contribution is 2.32. The summed E-state index contributed by atoms with van der Waals surface area (Å²) in [6.07, 6.45) is 3.32. The summed E-state index contributed by atoms with van der Waals surface area (Å²) in [5.74, 6) is 1.47. The maximum absolute atomic E-state index is 13.3. The molecule has 3 heterocycles. The van der Waals surface area contributed by atoms with Crippen molar-refractivity contribution in [3.63, 3.8) is 0 Å². The summed E-state index contributed by atoms with van der Waals surface area (Å²) in [5, 5.41) is 11.5. The van der Waals surface area contributed by atoms with Gasteiger partial charge in [0.05, 0.1) is 30.6 Å². The number of fused-ring (bicyclic) bond motifs is 1. The van der Waals surface area contributed by atoms with Gasteiger partial charge in [0.25, 0.3) is 5.91 Å². The normalized spacial score (nSPS) is 17.0. The minimum atomic E-state index is -0.361. The largest absolute Gasteiger partial charge is 0.491 e. The average Bonchev–Trinajstić information content (AvgIpc) is 3.34. The molecule has 36 heavy (non-hydrogen) atoms. The number of carbonyl (C=O) groups excluding carboxylic acids is 2. The first-order chi connectivity index (χ1) is 17.5. The number of halogens is 1. The highest BCUT2D eigenvalue weighted by atomic mass is 35.5. The number of aldehydes is 1. The summed E-state index contributed by atoms with van der Waals surface area (Å²) in [6, 6.07) is 17.8. The minimum absolute atomic E-state index is 0.0777. The summed E-state index contributed by atoms with van der Waals surface area (Å²) in [6.45, 7) is 2.46. The molecule has 8 nitrogen and oxygen atoms in total. The molecule has 2 N–H and O–H groups in total. The van der Waals surface area contributed by atoms with Crippen molar-refractivity contribution < 1.29 is 19.4 Å². The van der Waals surface area contributed by atoms with Crippen LogP contribution in [-0.2, 0) is 4.79 Å². The Bertz CT molecular complexity index is 1190. The first kappa shape index (κ1) is 25.6. The van der Waals surface area contributed by atoms with Crippen molar-refractivity contribution in [3.8, 4) is 16.9 Å². The predicted octanol–water partition coefficient (Wildman–Crippen LogP) is 3.42. The maximum atomic E-state index is 13.3. The fourth-order valence-corrected chi connectivity index (χ4v) is 4.44. The van der Waals surface area contributed by atoms with Gasteiger partial charge in [-0.2, -0.15) is 0 Å². The van der Waals surface area contributed by atoms with Gasteiger partial charge in [-0.1, -0.05) is 29.8 Å². The van der Waals surface area contributed by atoms with Gasteiger partial charge in [-0.3, -0.25) is 4.79 Å². The average molecular weight is 509 g/mol. The van der Waals surface area contributed by atoms with E-state index in [1.165, 1.54) is 0 Å². The lowest BCUT2D eigenvalue weighted by atomic mass is 10.0. The molecule has 1 saturated heterocycles. The number of ether oxygens (including phenoxy) is 1. The molecule has 188 valence electrons. The number of aromatic nitrogens is 1. The fourth-order valence-electron chi connectivity index (χ4n) is 4.31. The second kappa shape index (κ2) is 12.0. The molecule has 0 bridgehead atoms. The van der Waals surface area contributed by atoms with Crippen molar-refractivity contribution in [3.05, 3.63) is 71.4 Å². The first-order valence-corrected chi connectivity index (χ1v) is 12.2. The zero-order valence-electron chi connectivity index (χ0n) is 20.1. The molecule has 2 aromatic carbocycles. The summed E-state index contributed by atoms with van der Waals surface area (Å²) in [4.78, 5) is 30.9. The zero-order valence-corrected chi connectivity index (χ0v) is 20.8. The SMILES string of the molecule is CNC1CCN(c2ccc(N3CCOc4cc(-c5ccc(Cl)cc5)ccc4C3=O)cn2)C1.O=CCO. The van der Waals surface area contributed by atoms with Gasteiger partial charge in [0.2, 0.25) is 0 Å². The first-order valence-electron chi connectivity index (χ1n) is 11.8. The lowest BCUT2D eigenvalue weighted by Crippen LogP contribution is -2.32. The Morgan fingerprint density at radius 3 is 2.53 bits per heavy atom. The van der Waals surface area contributed by atoms with Gasteiger partial charge >= 0.3 is 0 Å². The van der Waals surface area contributed by atoms with Gasteiger partial charge in [0.15, 0.2) is 0 Å². The molecule has 1 unspecified atom stereocenters. The molecule has 1 aromatic heterocycles. The summed E-state index contributed by atoms with van der Waals surface area (Å²) >= 11 is 6.00. The number of nitrogens with one attached hydrogen (secondary N) is 1. The monoisotopic (exact) mass is 508 g/mol. The van der Waals surface area contributed by atoms with Crippen LogP contribution in [0.25, 0.3) is 11.1 Å². The number of amides is 1. The molecule has 9 heteroatoms. The van der Waals surface area contributed by atoms with Crippen molar-refractivity contribution in [2.75, 3.05) is 49.7 Å². The minimum Gasteiger partial charge on any atom is -0.491 e. The van der Waals surface area contributed by atoms with E-state index in [4.69, 9.17) is 26.2 Å². The van der Waals surface area contributed by atoms with Crippen LogP contribution in [0.1, 0.15) is 16.8 Å². The van der Waals surface area contributed by atoms with Crippen LogP contribution >= 0.6 is 11.6 Å². The number of carbonyl (C=O) groups is 2. The van der Waals surface area contributed by atoms with Crippen LogP contribution in [0.5, 0.6) is 5.75 Å². The number of rotatable bonds is 5. The Kier molecular flexibility index (Phi) is 8.53. The summed E-state index contributed by atoms with van der Waals surface area (Å²) in [5.41, 5.74) is 3.34. The van der Waals surface area contributed by atoms with Gasteiger partial charge < -0.3 is 29.8 Å². The highest BCUT2D eigenvalue weighted by molar-refractivity contribution is 6.30. The summed E-state index contributed by atoms with van der Waals surface area (Å²) in [7, 11) is 1.99. The van der Waals surface area contributed by atoms with Crippen molar-refractivity contribution >= 4 is 35.3 Å². The van der Waals surface area contributed by atoms with Crippen LogP contribution in [0.15, 0.2) is 60.8 Å². The van der Waals surface area contributed by atoms with E-state index in [2.05, 4.69) is 15.2 Å². The van der Waals surface area contributed by atoms with Gasteiger partial charge in [-0.25, -0.2) is 4.98 Å². The number of likely N-dealkylation sites (N-methyl/N-ethyl adjacent to an activating group) is 1. The lowest BCUT2D eigenvalue weighted by Gasteiger charge is -2.22. The van der Waals surface area contributed by atoms with E-state index in [1.807, 2.05) is 61.6 Å². The van der Waals surface area contributed by atoms with Crippen molar-refractivity contribution in [1.29, 1.82) is 0 Å². The van der Waals surface area contributed by atoms with Crippen molar-refractivity contribution in [2.45, 2.75) is 12.5 Å². The molecule has 5 rings (SSSR count). The van der Waals surface area contributed by atoms with Gasteiger partial charge in [0.1, 0.15) is 24.5 Å². The number of aliphatic hydroxyl groups excluding tert-OH is 1. The standard InChI is InChI=1S/C25H25ClN4O2.C2H4O2/c1-27-20-10-11-29(16-20)24-9-7-21(15-28-24)30-12-13-32-23-14-18(4-8-22(23)25(30)31)17-2-5-19(26)6-3-17;3-1-2-4/h2-9,14-15,20,27H,10-13,16H2,1H3;1,4H,2H2. The van der Waals surface area contributed by atoms with Crippen LogP contribution < -0.4 is 19.9 Å². The zero-order chi connectivity index (χ0) is 25.5. The van der Waals surface area contributed by atoms with Gasteiger partial charge in [-0.05, 0) is 61.0 Å². The predicted molar refractivity (Wildman–Crippen MR) is 141 cm³/mol. The van der Waals surface area contributed by atoms with E-state index in [0.29, 0.717) is 41.8 Å². The molecule has 1 amide bonds. The number of aliphatic hydroxyl groups is 1. The van der Waals surface area contributed by atoms with E-state index in [1.54, 1.807) is 11.1 Å². The molecule has 2 aliphatic rings. The molecule has 0 spiro atoms. The lowest BCUT2D eigenvalue weighted by molar-refractivity contribution is -0.110.